The topological polar surface area (TPSA) is 37.0 Å². The van der Waals surface area contributed by atoms with Crippen LogP contribution in [0.5, 0.6) is 0 Å². The van der Waals surface area contributed by atoms with Crippen molar-refractivity contribution in [2.75, 3.05) is 23.7 Å². The standard InChI is InChI=1S/C14H23N3/c1-3-8-14(9-10-14)11-16-13-7-5-6-12(17-13)15-4-2/h5-7H,3-4,8-11H2,1-2H3,(H2,15,16,17). The minimum atomic E-state index is 0.574. The van der Waals surface area contributed by atoms with Crippen molar-refractivity contribution in [1.29, 1.82) is 0 Å². The van der Waals surface area contributed by atoms with Gasteiger partial charge < -0.3 is 10.6 Å². The molecule has 0 spiro atoms. The van der Waals surface area contributed by atoms with Crippen LogP contribution in [0.15, 0.2) is 18.2 Å². The summed E-state index contributed by atoms with van der Waals surface area (Å²) in [5, 5.41) is 6.71. The van der Waals surface area contributed by atoms with E-state index in [2.05, 4.69) is 29.5 Å². The first kappa shape index (κ1) is 12.2. The number of hydrogen-bond donors (Lipinski definition) is 2. The molecule has 0 atom stereocenters. The second-order valence-electron chi connectivity index (χ2n) is 5.04. The average Bonchev–Trinajstić information content (AvgIpc) is 3.09. The van der Waals surface area contributed by atoms with Crippen LogP contribution in [0.1, 0.15) is 39.5 Å². The molecule has 1 aliphatic rings. The minimum absolute atomic E-state index is 0.574. The summed E-state index contributed by atoms with van der Waals surface area (Å²) in [5.41, 5.74) is 0.574. The molecule has 94 valence electrons. The Bertz CT molecular complexity index is 358. The molecule has 2 N–H and O–H groups in total. The van der Waals surface area contributed by atoms with Gasteiger partial charge in [0, 0.05) is 13.1 Å². The number of anilines is 2. The van der Waals surface area contributed by atoms with Gasteiger partial charge in [-0.25, -0.2) is 4.98 Å². The molecule has 2 rings (SSSR count). The Kier molecular flexibility index (Phi) is 3.87. The fraction of sp³-hybridized carbons (Fsp3) is 0.643. The zero-order valence-corrected chi connectivity index (χ0v) is 10.9. The van der Waals surface area contributed by atoms with Crippen molar-refractivity contribution >= 4 is 11.6 Å². The van der Waals surface area contributed by atoms with Crippen LogP contribution in [0.4, 0.5) is 11.6 Å². The van der Waals surface area contributed by atoms with Gasteiger partial charge in [-0.2, -0.15) is 0 Å². The van der Waals surface area contributed by atoms with E-state index in [0.717, 1.165) is 24.7 Å². The zero-order valence-electron chi connectivity index (χ0n) is 10.9. The van der Waals surface area contributed by atoms with Crippen LogP contribution in [0.3, 0.4) is 0 Å². The van der Waals surface area contributed by atoms with E-state index in [1.54, 1.807) is 0 Å². The van der Waals surface area contributed by atoms with Gasteiger partial charge in [-0.3, -0.25) is 0 Å². The molecule has 0 saturated heterocycles. The minimum Gasteiger partial charge on any atom is -0.370 e. The second kappa shape index (κ2) is 5.39. The highest BCUT2D eigenvalue weighted by Crippen LogP contribution is 2.49. The molecule has 1 saturated carbocycles. The third-order valence-electron chi connectivity index (χ3n) is 3.49. The van der Waals surface area contributed by atoms with E-state index in [-0.39, 0.29) is 0 Å². The maximum atomic E-state index is 4.53. The van der Waals surface area contributed by atoms with E-state index >= 15 is 0 Å². The highest BCUT2D eigenvalue weighted by atomic mass is 15.1. The SMILES string of the molecule is CCCC1(CNc2cccc(NCC)n2)CC1. The lowest BCUT2D eigenvalue weighted by Gasteiger charge is -2.15. The summed E-state index contributed by atoms with van der Waals surface area (Å²) in [4.78, 5) is 4.53. The molecule has 17 heavy (non-hydrogen) atoms. The average molecular weight is 233 g/mol. The molecule has 3 heteroatoms. The highest BCUT2D eigenvalue weighted by Gasteiger charge is 2.41. The predicted molar refractivity (Wildman–Crippen MR) is 73.5 cm³/mol. The van der Waals surface area contributed by atoms with Crippen molar-refractivity contribution in [3.05, 3.63) is 18.2 Å². The van der Waals surface area contributed by atoms with Gasteiger partial charge >= 0.3 is 0 Å². The largest absolute Gasteiger partial charge is 0.370 e. The summed E-state index contributed by atoms with van der Waals surface area (Å²) in [7, 11) is 0. The summed E-state index contributed by atoms with van der Waals surface area (Å²) in [6.07, 6.45) is 5.38. The quantitative estimate of drug-likeness (QED) is 0.756. The van der Waals surface area contributed by atoms with Gasteiger partial charge in [0.2, 0.25) is 0 Å². The Hall–Kier alpha value is -1.25. The first-order valence-electron chi connectivity index (χ1n) is 6.73. The molecule has 3 nitrogen and oxygen atoms in total. The Morgan fingerprint density at radius 1 is 1.18 bits per heavy atom. The fourth-order valence-electron chi connectivity index (χ4n) is 2.31. The first-order valence-corrected chi connectivity index (χ1v) is 6.73. The van der Waals surface area contributed by atoms with Crippen molar-refractivity contribution in [1.82, 2.24) is 4.98 Å². The summed E-state index contributed by atoms with van der Waals surface area (Å²) < 4.78 is 0. The van der Waals surface area contributed by atoms with Gasteiger partial charge in [-0.15, -0.1) is 0 Å². The number of aromatic nitrogens is 1. The zero-order chi connectivity index (χ0) is 12.1. The first-order chi connectivity index (χ1) is 8.28. The fourth-order valence-corrected chi connectivity index (χ4v) is 2.31. The van der Waals surface area contributed by atoms with Crippen molar-refractivity contribution in [3.63, 3.8) is 0 Å². The molecule has 1 aliphatic carbocycles. The number of rotatable bonds is 7. The van der Waals surface area contributed by atoms with Crippen LogP contribution in [0.2, 0.25) is 0 Å². The maximum Gasteiger partial charge on any atom is 0.128 e. The Labute approximate surface area is 104 Å². The van der Waals surface area contributed by atoms with Crippen molar-refractivity contribution in [2.24, 2.45) is 5.41 Å². The van der Waals surface area contributed by atoms with E-state index in [0.29, 0.717) is 5.41 Å². The lowest BCUT2D eigenvalue weighted by atomic mass is 10.0. The van der Waals surface area contributed by atoms with E-state index in [1.165, 1.54) is 25.7 Å². The summed E-state index contributed by atoms with van der Waals surface area (Å²) in [6.45, 7) is 6.34. The van der Waals surface area contributed by atoms with Gasteiger partial charge in [0.05, 0.1) is 0 Å². The third kappa shape index (κ3) is 3.35. The Morgan fingerprint density at radius 3 is 2.47 bits per heavy atom. The van der Waals surface area contributed by atoms with E-state index < -0.39 is 0 Å². The van der Waals surface area contributed by atoms with Gasteiger partial charge in [0.25, 0.3) is 0 Å². The van der Waals surface area contributed by atoms with Crippen LogP contribution in [-0.4, -0.2) is 18.1 Å². The maximum absolute atomic E-state index is 4.53. The predicted octanol–water partition coefficient (Wildman–Crippen LogP) is 3.51. The molecule has 1 fully saturated rings. The van der Waals surface area contributed by atoms with Crippen molar-refractivity contribution in [2.45, 2.75) is 39.5 Å². The van der Waals surface area contributed by atoms with Crippen LogP contribution >= 0.6 is 0 Å². The van der Waals surface area contributed by atoms with Crippen LogP contribution in [0, 0.1) is 5.41 Å². The van der Waals surface area contributed by atoms with Gasteiger partial charge in [-0.05, 0) is 43.7 Å². The molecule has 0 aliphatic heterocycles. The lowest BCUT2D eigenvalue weighted by Crippen LogP contribution is -2.16. The number of nitrogens with one attached hydrogen (secondary N) is 2. The van der Waals surface area contributed by atoms with Crippen LogP contribution in [-0.2, 0) is 0 Å². The molecule has 1 aromatic rings. The summed E-state index contributed by atoms with van der Waals surface area (Å²) >= 11 is 0. The molecule has 0 aromatic carbocycles. The van der Waals surface area contributed by atoms with E-state index in [9.17, 15) is 0 Å². The number of pyridine rings is 1. The van der Waals surface area contributed by atoms with Gasteiger partial charge in [0.1, 0.15) is 11.6 Å². The Balaban J connectivity index is 1.88. The summed E-state index contributed by atoms with van der Waals surface area (Å²) in [6, 6.07) is 6.10. The molecule has 1 aromatic heterocycles. The van der Waals surface area contributed by atoms with Crippen LogP contribution < -0.4 is 10.6 Å². The highest BCUT2D eigenvalue weighted by molar-refractivity contribution is 5.45. The number of hydrogen-bond acceptors (Lipinski definition) is 3. The van der Waals surface area contributed by atoms with Crippen molar-refractivity contribution < 1.29 is 0 Å². The molecule has 1 heterocycles. The monoisotopic (exact) mass is 233 g/mol. The van der Waals surface area contributed by atoms with Gasteiger partial charge in [-0.1, -0.05) is 19.4 Å². The number of nitrogens with zero attached hydrogens (tertiary/aromatic N) is 1. The van der Waals surface area contributed by atoms with Crippen molar-refractivity contribution in [3.8, 4) is 0 Å². The van der Waals surface area contributed by atoms with Crippen LogP contribution in [0.25, 0.3) is 0 Å². The smallest absolute Gasteiger partial charge is 0.128 e. The molecule has 0 amide bonds. The second-order valence-corrected chi connectivity index (χ2v) is 5.04. The molecule has 0 radical (unpaired) electrons. The molecular weight excluding hydrogens is 210 g/mol. The molecule has 0 unspecified atom stereocenters. The Morgan fingerprint density at radius 2 is 1.88 bits per heavy atom. The lowest BCUT2D eigenvalue weighted by molar-refractivity contribution is 0.485. The summed E-state index contributed by atoms with van der Waals surface area (Å²) in [5.74, 6) is 1.95. The molecular formula is C14H23N3. The van der Waals surface area contributed by atoms with E-state index in [1.807, 2.05) is 18.2 Å². The molecule has 0 bridgehead atoms. The normalized spacial score (nSPS) is 16.6. The third-order valence-corrected chi connectivity index (χ3v) is 3.49. The van der Waals surface area contributed by atoms with E-state index in [4.69, 9.17) is 0 Å². The van der Waals surface area contributed by atoms with Gasteiger partial charge in [0.15, 0.2) is 0 Å².